The number of thioether (sulfide) groups is 1. The van der Waals surface area contributed by atoms with Crippen LogP contribution in [0.25, 0.3) is 0 Å². The van der Waals surface area contributed by atoms with Crippen LogP contribution in [0.4, 0.5) is 11.4 Å². The quantitative estimate of drug-likeness (QED) is 0.466. The topological polar surface area (TPSA) is 72.2 Å². The lowest BCUT2D eigenvalue weighted by molar-refractivity contribution is -0.385. The van der Waals surface area contributed by atoms with E-state index < -0.39 is 4.92 Å². The molecule has 0 radical (unpaired) electrons. The summed E-state index contributed by atoms with van der Waals surface area (Å²) in [7, 11) is 0. The third kappa shape index (κ3) is 4.97. The smallest absolute Gasteiger partial charge is 0.274 e. The fraction of sp³-hybridized carbons (Fsp3) is 0.188. The Labute approximate surface area is 143 Å². The fourth-order valence-corrected chi connectivity index (χ4v) is 3.11. The van der Waals surface area contributed by atoms with Crippen molar-refractivity contribution >= 4 is 40.6 Å². The number of carbonyl (C=O) groups excluding carboxylic acids is 1. The Balaban J connectivity index is 1.89. The van der Waals surface area contributed by atoms with Crippen LogP contribution < -0.4 is 5.32 Å². The van der Waals surface area contributed by atoms with Gasteiger partial charge in [0.2, 0.25) is 5.91 Å². The minimum Gasteiger partial charge on any atom is -0.326 e. The second-order valence-corrected chi connectivity index (χ2v) is 6.38. The fourth-order valence-electron chi connectivity index (χ4n) is 1.92. The first-order valence-corrected chi connectivity index (χ1v) is 8.26. The molecular weight excluding hydrogens is 336 g/mol. The molecule has 2 rings (SSSR count). The van der Waals surface area contributed by atoms with Crippen LogP contribution in [0.1, 0.15) is 12.0 Å². The van der Waals surface area contributed by atoms with Gasteiger partial charge in [0.15, 0.2) is 0 Å². The van der Waals surface area contributed by atoms with Gasteiger partial charge in [-0.25, -0.2) is 0 Å². The lowest BCUT2D eigenvalue weighted by Gasteiger charge is -2.07. The number of nitrogens with zero attached hydrogens (tertiary/aromatic N) is 1. The van der Waals surface area contributed by atoms with E-state index in [1.807, 2.05) is 18.2 Å². The molecule has 0 saturated carbocycles. The molecule has 23 heavy (non-hydrogen) atoms. The molecule has 0 fully saturated rings. The van der Waals surface area contributed by atoms with Crippen molar-refractivity contribution < 1.29 is 9.72 Å². The van der Waals surface area contributed by atoms with Crippen LogP contribution in [-0.2, 0) is 4.79 Å². The number of carbonyl (C=O) groups is 1. The zero-order valence-corrected chi connectivity index (χ0v) is 14.0. The largest absolute Gasteiger partial charge is 0.326 e. The number of benzene rings is 2. The molecular formula is C16H15ClN2O3S. The summed E-state index contributed by atoms with van der Waals surface area (Å²) >= 11 is 7.54. The Morgan fingerprint density at radius 1 is 1.30 bits per heavy atom. The number of halogens is 1. The van der Waals surface area contributed by atoms with Crippen LogP contribution in [0.5, 0.6) is 0 Å². The van der Waals surface area contributed by atoms with Gasteiger partial charge < -0.3 is 5.32 Å². The molecule has 0 aromatic heterocycles. The van der Waals surface area contributed by atoms with Crippen molar-refractivity contribution in [3.63, 3.8) is 0 Å². The van der Waals surface area contributed by atoms with Gasteiger partial charge in [-0.05, 0) is 25.1 Å². The molecule has 2 aromatic carbocycles. The van der Waals surface area contributed by atoms with Crippen molar-refractivity contribution in [1.82, 2.24) is 0 Å². The average molecular weight is 351 g/mol. The number of nitro groups is 1. The van der Waals surface area contributed by atoms with E-state index in [2.05, 4.69) is 5.32 Å². The number of nitrogens with one attached hydrogen (secondary N) is 1. The molecule has 1 amide bonds. The third-order valence-corrected chi connectivity index (χ3v) is 4.63. The van der Waals surface area contributed by atoms with E-state index in [9.17, 15) is 14.9 Å². The predicted octanol–water partition coefficient (Wildman–Crippen LogP) is 4.68. The number of aryl methyl sites for hydroxylation is 1. The summed E-state index contributed by atoms with van der Waals surface area (Å²) in [6, 6.07) is 12.1. The number of nitro benzene ring substituents is 1. The van der Waals surface area contributed by atoms with Gasteiger partial charge >= 0.3 is 0 Å². The SMILES string of the molecule is Cc1ccc(NC(=O)CCSc2ccccc2Cl)cc1[N+](=O)[O-]. The van der Waals surface area contributed by atoms with E-state index in [-0.39, 0.29) is 18.0 Å². The first-order valence-electron chi connectivity index (χ1n) is 6.89. The van der Waals surface area contributed by atoms with Gasteiger partial charge in [0.1, 0.15) is 0 Å². The molecule has 1 N–H and O–H groups in total. The molecule has 0 bridgehead atoms. The summed E-state index contributed by atoms with van der Waals surface area (Å²) in [5.41, 5.74) is 0.977. The van der Waals surface area contributed by atoms with Crippen LogP contribution in [0, 0.1) is 17.0 Å². The van der Waals surface area contributed by atoms with Crippen LogP contribution in [-0.4, -0.2) is 16.6 Å². The maximum absolute atomic E-state index is 11.9. The van der Waals surface area contributed by atoms with Gasteiger partial charge in [0.25, 0.3) is 5.69 Å². The van der Waals surface area contributed by atoms with Gasteiger partial charge in [-0.15, -0.1) is 11.8 Å². The third-order valence-electron chi connectivity index (χ3n) is 3.11. The van der Waals surface area contributed by atoms with Crippen molar-refractivity contribution in [2.45, 2.75) is 18.2 Å². The first-order chi connectivity index (χ1) is 11.0. The van der Waals surface area contributed by atoms with Crippen molar-refractivity contribution in [3.8, 4) is 0 Å². The number of anilines is 1. The summed E-state index contributed by atoms with van der Waals surface area (Å²) in [5, 5.41) is 14.2. The van der Waals surface area contributed by atoms with Crippen LogP contribution in [0.2, 0.25) is 5.02 Å². The van der Waals surface area contributed by atoms with Crippen LogP contribution >= 0.6 is 23.4 Å². The molecule has 0 atom stereocenters. The van der Waals surface area contributed by atoms with Crippen molar-refractivity contribution in [3.05, 3.63) is 63.2 Å². The van der Waals surface area contributed by atoms with E-state index in [0.29, 0.717) is 22.0 Å². The molecule has 0 aliphatic carbocycles. The summed E-state index contributed by atoms with van der Waals surface area (Å²) in [6.07, 6.45) is 0.289. The number of hydrogen-bond acceptors (Lipinski definition) is 4. The molecule has 7 heteroatoms. The Bertz CT molecular complexity index is 737. The number of rotatable bonds is 6. The number of hydrogen-bond donors (Lipinski definition) is 1. The second-order valence-electron chi connectivity index (χ2n) is 4.84. The van der Waals surface area contributed by atoms with E-state index in [1.54, 1.807) is 25.1 Å². The van der Waals surface area contributed by atoms with Crippen molar-refractivity contribution in [2.75, 3.05) is 11.1 Å². The molecule has 2 aromatic rings. The Morgan fingerprint density at radius 2 is 2.04 bits per heavy atom. The highest BCUT2D eigenvalue weighted by Crippen LogP contribution is 2.27. The maximum atomic E-state index is 11.9. The standard InChI is InChI=1S/C16H15ClN2O3S/c1-11-6-7-12(10-14(11)19(21)22)18-16(20)8-9-23-15-5-3-2-4-13(15)17/h2-7,10H,8-9H2,1H3,(H,18,20). The van der Waals surface area contributed by atoms with Gasteiger partial charge in [0.05, 0.1) is 9.95 Å². The Hall–Kier alpha value is -2.05. The van der Waals surface area contributed by atoms with Gasteiger partial charge in [-0.2, -0.15) is 0 Å². The molecule has 0 aliphatic heterocycles. The summed E-state index contributed by atoms with van der Waals surface area (Å²) in [4.78, 5) is 23.3. The molecule has 0 unspecified atom stereocenters. The van der Waals surface area contributed by atoms with Crippen LogP contribution in [0.15, 0.2) is 47.4 Å². The van der Waals surface area contributed by atoms with E-state index in [0.717, 1.165) is 4.90 Å². The van der Waals surface area contributed by atoms with E-state index >= 15 is 0 Å². The van der Waals surface area contributed by atoms with Gasteiger partial charge in [0, 0.05) is 34.4 Å². The summed E-state index contributed by atoms with van der Waals surface area (Å²) in [6.45, 7) is 1.66. The lowest BCUT2D eigenvalue weighted by atomic mass is 10.2. The molecule has 0 aliphatic rings. The normalized spacial score (nSPS) is 10.3. The maximum Gasteiger partial charge on any atom is 0.274 e. The Kier molecular flexibility index (Phi) is 6.01. The zero-order valence-electron chi connectivity index (χ0n) is 12.4. The van der Waals surface area contributed by atoms with E-state index in [4.69, 9.17) is 11.6 Å². The highest BCUT2D eigenvalue weighted by molar-refractivity contribution is 7.99. The van der Waals surface area contributed by atoms with Gasteiger partial charge in [-0.1, -0.05) is 29.8 Å². The highest BCUT2D eigenvalue weighted by Gasteiger charge is 2.12. The first kappa shape index (κ1) is 17.3. The minimum absolute atomic E-state index is 0.00626. The molecule has 0 saturated heterocycles. The molecule has 120 valence electrons. The zero-order chi connectivity index (χ0) is 16.8. The second kappa shape index (κ2) is 7.99. The van der Waals surface area contributed by atoms with Crippen molar-refractivity contribution in [2.24, 2.45) is 0 Å². The predicted molar refractivity (Wildman–Crippen MR) is 93.3 cm³/mol. The molecule has 0 heterocycles. The summed E-state index contributed by atoms with van der Waals surface area (Å²) < 4.78 is 0. The minimum atomic E-state index is -0.460. The monoisotopic (exact) mass is 350 g/mol. The average Bonchev–Trinajstić information content (AvgIpc) is 2.51. The molecule has 0 spiro atoms. The van der Waals surface area contributed by atoms with E-state index in [1.165, 1.54) is 17.8 Å². The lowest BCUT2D eigenvalue weighted by Crippen LogP contribution is -2.12. The summed E-state index contributed by atoms with van der Waals surface area (Å²) in [5.74, 6) is 0.381. The van der Waals surface area contributed by atoms with Crippen molar-refractivity contribution in [1.29, 1.82) is 0 Å². The Morgan fingerprint density at radius 3 is 2.74 bits per heavy atom. The van der Waals surface area contributed by atoms with Gasteiger partial charge in [-0.3, -0.25) is 14.9 Å². The highest BCUT2D eigenvalue weighted by atomic mass is 35.5. The van der Waals surface area contributed by atoms with Crippen LogP contribution in [0.3, 0.4) is 0 Å². The molecule has 5 nitrogen and oxygen atoms in total. The number of amides is 1.